The van der Waals surface area contributed by atoms with Crippen molar-refractivity contribution in [2.24, 2.45) is 0 Å². The van der Waals surface area contributed by atoms with E-state index in [0.29, 0.717) is 5.76 Å². The lowest BCUT2D eigenvalue weighted by Crippen LogP contribution is -2.48. The Hall–Kier alpha value is -1.82. The average Bonchev–Trinajstić information content (AvgIpc) is 3.01. The summed E-state index contributed by atoms with van der Waals surface area (Å²) >= 11 is 0. The summed E-state index contributed by atoms with van der Waals surface area (Å²) in [5.41, 5.74) is -1.34. The van der Waals surface area contributed by atoms with Crippen molar-refractivity contribution >= 4 is 11.8 Å². The standard InChI is InChI=1S/C15H22N2O4/c1-15(20,12-8-5-9-21-12)10-16-13(18)14(19)17-11-6-3-2-4-7-11/h5,8-9,11,20H,2-4,6-7,10H2,1H3,(H,16,18)(H,17,19). The first-order valence-corrected chi connectivity index (χ1v) is 7.34. The molecule has 2 amide bonds. The molecule has 1 aromatic heterocycles. The molecule has 116 valence electrons. The summed E-state index contributed by atoms with van der Waals surface area (Å²) in [4.78, 5) is 23.6. The van der Waals surface area contributed by atoms with Crippen LogP contribution in [0.1, 0.15) is 44.8 Å². The maximum absolute atomic E-state index is 11.8. The molecular weight excluding hydrogens is 272 g/mol. The van der Waals surface area contributed by atoms with Crippen LogP contribution in [0.4, 0.5) is 0 Å². The lowest BCUT2D eigenvalue weighted by Gasteiger charge is -2.23. The Bertz CT molecular complexity index is 476. The minimum atomic E-state index is -1.34. The summed E-state index contributed by atoms with van der Waals surface area (Å²) < 4.78 is 5.11. The second kappa shape index (κ2) is 6.76. The predicted octanol–water partition coefficient (Wildman–Crippen LogP) is 1.05. The smallest absolute Gasteiger partial charge is 0.309 e. The summed E-state index contributed by atoms with van der Waals surface area (Å²) in [6, 6.07) is 3.36. The van der Waals surface area contributed by atoms with Crippen molar-refractivity contribution in [3.8, 4) is 0 Å². The van der Waals surface area contributed by atoms with Crippen LogP contribution in [0.3, 0.4) is 0 Å². The molecule has 6 nitrogen and oxygen atoms in total. The topological polar surface area (TPSA) is 91.6 Å². The zero-order chi connectivity index (χ0) is 15.3. The highest BCUT2D eigenvalue weighted by Gasteiger charge is 2.28. The van der Waals surface area contributed by atoms with Gasteiger partial charge in [-0.05, 0) is 31.9 Å². The molecule has 2 rings (SSSR count). The Balaban J connectivity index is 1.79. The average molecular weight is 294 g/mol. The number of aliphatic hydroxyl groups is 1. The van der Waals surface area contributed by atoms with Crippen LogP contribution in [-0.2, 0) is 15.2 Å². The van der Waals surface area contributed by atoms with Gasteiger partial charge in [0.25, 0.3) is 0 Å². The maximum Gasteiger partial charge on any atom is 0.309 e. The Morgan fingerprint density at radius 1 is 1.33 bits per heavy atom. The SMILES string of the molecule is CC(O)(CNC(=O)C(=O)NC1CCCCC1)c1ccco1. The zero-order valence-electron chi connectivity index (χ0n) is 12.2. The van der Waals surface area contributed by atoms with Crippen molar-refractivity contribution < 1.29 is 19.1 Å². The van der Waals surface area contributed by atoms with Crippen LogP contribution in [0.25, 0.3) is 0 Å². The van der Waals surface area contributed by atoms with E-state index in [1.807, 2.05) is 0 Å². The number of amides is 2. The third-order valence-electron chi connectivity index (χ3n) is 3.79. The van der Waals surface area contributed by atoms with E-state index >= 15 is 0 Å². The van der Waals surface area contributed by atoms with Crippen molar-refractivity contribution in [2.75, 3.05) is 6.54 Å². The van der Waals surface area contributed by atoms with E-state index in [-0.39, 0.29) is 12.6 Å². The summed E-state index contributed by atoms with van der Waals surface area (Å²) in [5, 5.41) is 15.4. The highest BCUT2D eigenvalue weighted by atomic mass is 16.4. The van der Waals surface area contributed by atoms with Gasteiger partial charge in [0.05, 0.1) is 12.8 Å². The highest BCUT2D eigenvalue weighted by molar-refractivity contribution is 6.35. The number of hydrogen-bond donors (Lipinski definition) is 3. The third-order valence-corrected chi connectivity index (χ3v) is 3.79. The number of furan rings is 1. The van der Waals surface area contributed by atoms with Crippen LogP contribution < -0.4 is 10.6 Å². The molecular formula is C15H22N2O4. The molecule has 0 saturated heterocycles. The number of carbonyl (C=O) groups is 2. The van der Waals surface area contributed by atoms with E-state index < -0.39 is 17.4 Å². The first kappa shape index (κ1) is 15.6. The number of carbonyl (C=O) groups excluding carboxylic acids is 2. The van der Waals surface area contributed by atoms with Crippen molar-refractivity contribution in [1.29, 1.82) is 0 Å². The van der Waals surface area contributed by atoms with Gasteiger partial charge >= 0.3 is 11.8 Å². The maximum atomic E-state index is 11.8. The molecule has 1 fully saturated rings. The van der Waals surface area contributed by atoms with Gasteiger partial charge in [-0.25, -0.2) is 0 Å². The molecule has 1 unspecified atom stereocenters. The number of rotatable bonds is 4. The third kappa shape index (κ3) is 4.32. The number of nitrogens with one attached hydrogen (secondary N) is 2. The molecule has 1 saturated carbocycles. The molecule has 0 radical (unpaired) electrons. The largest absolute Gasteiger partial charge is 0.466 e. The first-order chi connectivity index (χ1) is 9.99. The molecule has 0 aromatic carbocycles. The van der Waals surface area contributed by atoms with Gasteiger partial charge in [-0.2, -0.15) is 0 Å². The molecule has 1 aliphatic carbocycles. The molecule has 0 spiro atoms. The van der Waals surface area contributed by atoms with Crippen LogP contribution in [0, 0.1) is 0 Å². The Morgan fingerprint density at radius 3 is 2.67 bits per heavy atom. The molecule has 0 aliphatic heterocycles. The predicted molar refractivity (Wildman–Crippen MR) is 76.3 cm³/mol. The van der Waals surface area contributed by atoms with Crippen molar-refractivity contribution in [3.05, 3.63) is 24.2 Å². The van der Waals surface area contributed by atoms with E-state index in [0.717, 1.165) is 25.7 Å². The fourth-order valence-corrected chi connectivity index (χ4v) is 2.50. The molecule has 3 N–H and O–H groups in total. The molecule has 1 aliphatic rings. The molecule has 1 atom stereocenters. The summed E-state index contributed by atoms with van der Waals surface area (Å²) in [6.07, 6.45) is 6.64. The lowest BCUT2D eigenvalue weighted by molar-refractivity contribution is -0.140. The monoisotopic (exact) mass is 294 g/mol. The van der Waals surface area contributed by atoms with Gasteiger partial charge in [-0.1, -0.05) is 19.3 Å². The van der Waals surface area contributed by atoms with Gasteiger partial charge in [0.15, 0.2) is 0 Å². The second-order valence-corrected chi connectivity index (χ2v) is 5.74. The van der Waals surface area contributed by atoms with Gasteiger partial charge in [-0.15, -0.1) is 0 Å². The van der Waals surface area contributed by atoms with E-state index in [4.69, 9.17) is 4.42 Å². The van der Waals surface area contributed by atoms with Crippen molar-refractivity contribution in [1.82, 2.24) is 10.6 Å². The molecule has 1 heterocycles. The fourth-order valence-electron chi connectivity index (χ4n) is 2.50. The van der Waals surface area contributed by atoms with Crippen LogP contribution in [-0.4, -0.2) is 29.5 Å². The Kier molecular flexibility index (Phi) is 5.01. The van der Waals surface area contributed by atoms with E-state index in [9.17, 15) is 14.7 Å². The van der Waals surface area contributed by atoms with Crippen LogP contribution >= 0.6 is 0 Å². The normalized spacial score (nSPS) is 18.8. The van der Waals surface area contributed by atoms with Crippen LogP contribution in [0.5, 0.6) is 0 Å². The van der Waals surface area contributed by atoms with E-state index in [1.165, 1.54) is 19.6 Å². The van der Waals surface area contributed by atoms with E-state index in [1.54, 1.807) is 12.1 Å². The van der Waals surface area contributed by atoms with Gasteiger partial charge in [0.2, 0.25) is 0 Å². The summed E-state index contributed by atoms with van der Waals surface area (Å²) in [7, 11) is 0. The summed E-state index contributed by atoms with van der Waals surface area (Å²) in [6.45, 7) is 1.43. The van der Waals surface area contributed by atoms with Gasteiger partial charge in [0.1, 0.15) is 11.4 Å². The first-order valence-electron chi connectivity index (χ1n) is 7.34. The van der Waals surface area contributed by atoms with Gasteiger partial charge in [-0.3, -0.25) is 9.59 Å². The van der Waals surface area contributed by atoms with Crippen LogP contribution in [0.15, 0.2) is 22.8 Å². The van der Waals surface area contributed by atoms with E-state index in [2.05, 4.69) is 10.6 Å². The molecule has 6 heteroatoms. The second-order valence-electron chi connectivity index (χ2n) is 5.74. The minimum absolute atomic E-state index is 0.0857. The van der Waals surface area contributed by atoms with Crippen LogP contribution in [0.2, 0.25) is 0 Å². The van der Waals surface area contributed by atoms with Crippen molar-refractivity contribution in [3.63, 3.8) is 0 Å². The van der Waals surface area contributed by atoms with Crippen molar-refractivity contribution in [2.45, 2.75) is 50.7 Å². The number of hydrogen-bond acceptors (Lipinski definition) is 4. The molecule has 21 heavy (non-hydrogen) atoms. The van der Waals surface area contributed by atoms with Gasteiger partial charge in [0, 0.05) is 6.04 Å². The zero-order valence-corrected chi connectivity index (χ0v) is 12.2. The summed E-state index contributed by atoms with van der Waals surface area (Å²) in [5.74, 6) is -1.03. The Morgan fingerprint density at radius 2 is 2.05 bits per heavy atom. The minimum Gasteiger partial charge on any atom is -0.466 e. The highest BCUT2D eigenvalue weighted by Crippen LogP contribution is 2.20. The quantitative estimate of drug-likeness (QED) is 0.724. The fraction of sp³-hybridized carbons (Fsp3) is 0.600. The van der Waals surface area contributed by atoms with Gasteiger partial charge < -0.3 is 20.2 Å². The molecule has 0 bridgehead atoms. The lowest BCUT2D eigenvalue weighted by atomic mass is 9.95. The Labute approximate surface area is 123 Å². The molecule has 1 aromatic rings.